The van der Waals surface area contributed by atoms with Crippen molar-refractivity contribution in [2.24, 2.45) is 0 Å². The second-order valence-electron chi connectivity index (χ2n) is 2.96. The van der Waals surface area contributed by atoms with Crippen molar-refractivity contribution in [1.29, 1.82) is 0 Å². The van der Waals surface area contributed by atoms with Crippen molar-refractivity contribution >= 4 is 21.6 Å². The zero-order chi connectivity index (χ0) is 12.3. The van der Waals surface area contributed by atoms with Gasteiger partial charge in [0.1, 0.15) is 0 Å². The van der Waals surface area contributed by atoms with Gasteiger partial charge >= 0.3 is 6.18 Å². The summed E-state index contributed by atoms with van der Waals surface area (Å²) in [5, 5.41) is 2.33. The lowest BCUT2D eigenvalue weighted by atomic mass is 10.2. The standard InChI is InChI=1S/C9H7BrF5N/c10-6-3-5(9(13,14)15)1-2-7(6)16-4-8(11)12/h1-3,8,16H,4H2. The summed E-state index contributed by atoms with van der Waals surface area (Å²) < 4.78 is 60.6. The maximum atomic E-state index is 12.3. The van der Waals surface area contributed by atoms with Crippen molar-refractivity contribution in [1.82, 2.24) is 0 Å². The molecule has 0 amide bonds. The Labute approximate surface area is 96.8 Å². The Morgan fingerprint density at radius 2 is 1.88 bits per heavy atom. The van der Waals surface area contributed by atoms with Gasteiger partial charge in [0.2, 0.25) is 0 Å². The van der Waals surface area contributed by atoms with Crippen LogP contribution in [0.3, 0.4) is 0 Å². The highest BCUT2D eigenvalue weighted by molar-refractivity contribution is 9.10. The summed E-state index contributed by atoms with van der Waals surface area (Å²) in [6.07, 6.45) is -7.00. The van der Waals surface area contributed by atoms with Gasteiger partial charge in [0.05, 0.1) is 12.1 Å². The van der Waals surface area contributed by atoms with Crippen LogP contribution in [0.4, 0.5) is 27.6 Å². The zero-order valence-corrected chi connectivity index (χ0v) is 9.37. The van der Waals surface area contributed by atoms with E-state index in [0.717, 1.165) is 18.2 Å². The van der Waals surface area contributed by atoms with Gasteiger partial charge in [0, 0.05) is 10.2 Å². The van der Waals surface area contributed by atoms with Crippen LogP contribution >= 0.6 is 15.9 Å². The molecule has 0 unspecified atom stereocenters. The van der Waals surface area contributed by atoms with E-state index in [1.54, 1.807) is 0 Å². The molecule has 1 aromatic carbocycles. The maximum Gasteiger partial charge on any atom is 0.416 e. The minimum absolute atomic E-state index is 0.1000. The normalized spacial score (nSPS) is 11.9. The van der Waals surface area contributed by atoms with E-state index in [4.69, 9.17) is 0 Å². The van der Waals surface area contributed by atoms with Crippen molar-refractivity contribution in [3.63, 3.8) is 0 Å². The second kappa shape index (κ2) is 4.99. The minimum Gasteiger partial charge on any atom is -0.378 e. The van der Waals surface area contributed by atoms with Gasteiger partial charge in [0.15, 0.2) is 0 Å². The first-order valence-corrected chi connectivity index (χ1v) is 4.99. The highest BCUT2D eigenvalue weighted by Crippen LogP contribution is 2.33. The van der Waals surface area contributed by atoms with Gasteiger partial charge in [-0.05, 0) is 34.1 Å². The third kappa shape index (κ3) is 3.62. The molecule has 1 aromatic rings. The second-order valence-corrected chi connectivity index (χ2v) is 3.82. The number of hydrogen-bond acceptors (Lipinski definition) is 1. The molecule has 0 aliphatic heterocycles. The smallest absolute Gasteiger partial charge is 0.378 e. The van der Waals surface area contributed by atoms with Crippen LogP contribution in [0.1, 0.15) is 5.56 Å². The molecule has 0 aliphatic carbocycles. The van der Waals surface area contributed by atoms with Crippen LogP contribution in [0.2, 0.25) is 0 Å². The van der Waals surface area contributed by atoms with Crippen molar-refractivity contribution in [2.75, 3.05) is 11.9 Å². The van der Waals surface area contributed by atoms with Gasteiger partial charge in [-0.15, -0.1) is 0 Å². The first kappa shape index (κ1) is 13.2. The number of halogens is 6. The van der Waals surface area contributed by atoms with Crippen LogP contribution < -0.4 is 5.32 Å². The number of rotatable bonds is 3. The van der Waals surface area contributed by atoms with Gasteiger partial charge in [-0.3, -0.25) is 0 Å². The molecule has 1 N–H and O–H groups in total. The summed E-state index contributed by atoms with van der Waals surface area (Å²) in [7, 11) is 0. The number of nitrogens with one attached hydrogen (secondary N) is 1. The van der Waals surface area contributed by atoms with Crippen molar-refractivity contribution in [2.45, 2.75) is 12.6 Å². The monoisotopic (exact) mass is 303 g/mol. The first-order chi connectivity index (χ1) is 7.30. The summed E-state index contributed by atoms with van der Waals surface area (Å²) in [6.45, 7) is -0.607. The lowest BCUT2D eigenvalue weighted by Crippen LogP contribution is -2.11. The van der Waals surface area contributed by atoms with E-state index in [1.165, 1.54) is 0 Å². The molecule has 0 aromatic heterocycles. The number of hydrogen-bond donors (Lipinski definition) is 1. The van der Waals surface area contributed by atoms with Gasteiger partial charge in [-0.2, -0.15) is 13.2 Å². The molecular weight excluding hydrogens is 297 g/mol. The highest BCUT2D eigenvalue weighted by Gasteiger charge is 2.30. The lowest BCUT2D eigenvalue weighted by Gasteiger charge is -2.11. The molecule has 7 heteroatoms. The number of benzene rings is 1. The molecule has 90 valence electrons. The van der Waals surface area contributed by atoms with Crippen molar-refractivity contribution < 1.29 is 22.0 Å². The molecule has 0 radical (unpaired) electrons. The minimum atomic E-state index is -4.44. The van der Waals surface area contributed by atoms with Crippen LogP contribution in [-0.4, -0.2) is 13.0 Å². The molecule has 0 saturated heterocycles. The molecule has 0 atom stereocenters. The molecule has 0 fully saturated rings. The topological polar surface area (TPSA) is 12.0 Å². The van der Waals surface area contributed by atoms with E-state index in [2.05, 4.69) is 21.2 Å². The predicted molar refractivity (Wildman–Crippen MR) is 53.6 cm³/mol. The SMILES string of the molecule is FC(F)CNc1ccc(C(F)(F)F)cc1Br. The van der Waals surface area contributed by atoms with Crippen LogP contribution in [-0.2, 0) is 6.18 Å². The molecular formula is C9H7BrF5N. The highest BCUT2D eigenvalue weighted by atomic mass is 79.9. The lowest BCUT2D eigenvalue weighted by molar-refractivity contribution is -0.137. The summed E-state index contributed by atoms with van der Waals surface area (Å²) in [4.78, 5) is 0. The molecule has 1 rings (SSSR count). The van der Waals surface area contributed by atoms with Gasteiger partial charge in [-0.1, -0.05) is 0 Å². The van der Waals surface area contributed by atoms with Crippen molar-refractivity contribution in [3.8, 4) is 0 Å². The quantitative estimate of drug-likeness (QED) is 0.827. The fourth-order valence-corrected chi connectivity index (χ4v) is 1.54. The largest absolute Gasteiger partial charge is 0.416 e. The van der Waals surface area contributed by atoms with Crippen LogP contribution in [0.5, 0.6) is 0 Å². The Morgan fingerprint density at radius 1 is 1.25 bits per heavy atom. The summed E-state index contributed by atoms with van der Waals surface area (Å²) in [5.41, 5.74) is -0.629. The number of anilines is 1. The third-order valence-electron chi connectivity index (χ3n) is 1.74. The molecule has 0 saturated carbocycles. The average Bonchev–Trinajstić information content (AvgIpc) is 2.14. The van der Waals surface area contributed by atoms with Gasteiger partial charge in [0.25, 0.3) is 6.43 Å². The van der Waals surface area contributed by atoms with E-state index < -0.39 is 24.7 Å². The molecule has 16 heavy (non-hydrogen) atoms. The fraction of sp³-hybridized carbons (Fsp3) is 0.333. The van der Waals surface area contributed by atoms with Crippen LogP contribution in [0, 0.1) is 0 Å². The Balaban J connectivity index is 2.84. The van der Waals surface area contributed by atoms with Crippen LogP contribution in [0.15, 0.2) is 22.7 Å². The first-order valence-electron chi connectivity index (χ1n) is 4.19. The fourth-order valence-electron chi connectivity index (χ4n) is 1.02. The van der Waals surface area contributed by atoms with Gasteiger partial charge < -0.3 is 5.32 Å². The van der Waals surface area contributed by atoms with Crippen LogP contribution in [0.25, 0.3) is 0 Å². The molecule has 0 heterocycles. The van der Waals surface area contributed by atoms with E-state index >= 15 is 0 Å². The number of alkyl halides is 5. The Hall–Kier alpha value is -0.850. The van der Waals surface area contributed by atoms with Crippen molar-refractivity contribution in [3.05, 3.63) is 28.2 Å². The van der Waals surface area contributed by atoms with E-state index in [0.29, 0.717) is 0 Å². The third-order valence-corrected chi connectivity index (χ3v) is 2.40. The average molecular weight is 304 g/mol. The summed E-state index contributed by atoms with van der Waals surface area (Å²) in [5.74, 6) is 0. The summed E-state index contributed by atoms with van der Waals surface area (Å²) in [6, 6.07) is 2.78. The van der Waals surface area contributed by atoms with E-state index in [-0.39, 0.29) is 10.2 Å². The predicted octanol–water partition coefficient (Wildman–Crippen LogP) is 4.14. The molecule has 0 spiro atoms. The maximum absolute atomic E-state index is 12.3. The zero-order valence-electron chi connectivity index (χ0n) is 7.78. The Morgan fingerprint density at radius 3 is 2.31 bits per heavy atom. The molecule has 0 bridgehead atoms. The Bertz CT molecular complexity index is 363. The van der Waals surface area contributed by atoms with E-state index in [1.807, 2.05) is 0 Å². The Kier molecular flexibility index (Phi) is 4.12. The van der Waals surface area contributed by atoms with E-state index in [9.17, 15) is 22.0 Å². The molecule has 1 nitrogen and oxygen atoms in total. The van der Waals surface area contributed by atoms with Gasteiger partial charge in [-0.25, -0.2) is 8.78 Å². The molecule has 0 aliphatic rings. The summed E-state index contributed by atoms with van der Waals surface area (Å²) >= 11 is 2.88.